The van der Waals surface area contributed by atoms with Gasteiger partial charge in [-0.1, -0.05) is 79.7 Å². The molecule has 1 saturated heterocycles. The van der Waals surface area contributed by atoms with Crippen LogP contribution in [0.4, 0.5) is 0 Å². The van der Waals surface area contributed by atoms with E-state index in [1.807, 2.05) is 6.07 Å². The zero-order valence-electron chi connectivity index (χ0n) is 18.3. The van der Waals surface area contributed by atoms with Crippen LogP contribution >= 0.6 is 0 Å². The van der Waals surface area contributed by atoms with E-state index in [9.17, 15) is 4.79 Å². The van der Waals surface area contributed by atoms with E-state index < -0.39 is 0 Å². The van der Waals surface area contributed by atoms with E-state index in [-0.39, 0.29) is 18.0 Å². The fourth-order valence-electron chi connectivity index (χ4n) is 4.84. The summed E-state index contributed by atoms with van der Waals surface area (Å²) in [5.41, 5.74) is 2.58. The number of likely N-dealkylation sites (N-methyl/N-ethyl adjacent to an activating group) is 1. The standard InChI is InChI=1S/C27H32N2O/c1-20-16-18-29(19-17-22-10-5-4-6-11-22)27(30)26(20)28(3)21(2)24-15-9-13-23-12-7-8-14-25(23)24/h4-15,20-21,26H,16-19H2,1-3H3/t20-,21-,26-/m1/s1. The fraction of sp³-hybridized carbons (Fsp3) is 0.370. The van der Waals surface area contributed by atoms with Crippen molar-refractivity contribution in [1.82, 2.24) is 9.80 Å². The van der Waals surface area contributed by atoms with Crippen LogP contribution in [0.15, 0.2) is 72.8 Å². The Balaban J connectivity index is 1.52. The second kappa shape index (κ2) is 9.01. The molecule has 3 atom stereocenters. The molecule has 0 radical (unpaired) electrons. The van der Waals surface area contributed by atoms with Crippen LogP contribution in [0.5, 0.6) is 0 Å². The van der Waals surface area contributed by atoms with Crippen molar-refractivity contribution in [2.75, 3.05) is 20.1 Å². The number of carbonyl (C=O) groups excluding carboxylic acids is 1. The maximum atomic E-state index is 13.5. The first kappa shape index (κ1) is 20.6. The van der Waals surface area contributed by atoms with Crippen LogP contribution in [0.25, 0.3) is 10.8 Å². The summed E-state index contributed by atoms with van der Waals surface area (Å²) >= 11 is 0. The van der Waals surface area contributed by atoms with Gasteiger partial charge in [-0.3, -0.25) is 9.69 Å². The Bertz CT molecular complexity index is 995. The topological polar surface area (TPSA) is 23.6 Å². The highest BCUT2D eigenvalue weighted by molar-refractivity contribution is 5.86. The third kappa shape index (κ3) is 4.13. The monoisotopic (exact) mass is 400 g/mol. The molecule has 3 nitrogen and oxygen atoms in total. The third-order valence-electron chi connectivity index (χ3n) is 6.79. The van der Waals surface area contributed by atoms with Crippen LogP contribution in [-0.4, -0.2) is 41.9 Å². The molecular weight excluding hydrogens is 368 g/mol. The molecule has 0 saturated carbocycles. The van der Waals surface area contributed by atoms with Crippen molar-refractivity contribution in [2.24, 2.45) is 5.92 Å². The summed E-state index contributed by atoms with van der Waals surface area (Å²) in [6.07, 6.45) is 1.97. The van der Waals surface area contributed by atoms with E-state index in [4.69, 9.17) is 0 Å². The molecule has 4 rings (SSSR count). The molecule has 0 spiro atoms. The molecule has 1 heterocycles. The molecule has 1 fully saturated rings. The van der Waals surface area contributed by atoms with Gasteiger partial charge in [-0.2, -0.15) is 0 Å². The quantitative estimate of drug-likeness (QED) is 0.560. The Morgan fingerprint density at radius 1 is 1.00 bits per heavy atom. The fourth-order valence-corrected chi connectivity index (χ4v) is 4.84. The number of benzene rings is 3. The summed E-state index contributed by atoms with van der Waals surface area (Å²) in [6.45, 7) is 6.11. The molecular formula is C27H32N2O. The van der Waals surface area contributed by atoms with E-state index >= 15 is 0 Å². The molecule has 0 bridgehead atoms. The predicted molar refractivity (Wildman–Crippen MR) is 124 cm³/mol. The van der Waals surface area contributed by atoms with Gasteiger partial charge in [0.15, 0.2) is 0 Å². The lowest BCUT2D eigenvalue weighted by Crippen LogP contribution is -2.55. The molecule has 156 valence electrons. The minimum atomic E-state index is -0.0801. The zero-order valence-corrected chi connectivity index (χ0v) is 18.3. The first-order chi connectivity index (χ1) is 14.6. The third-order valence-corrected chi connectivity index (χ3v) is 6.79. The lowest BCUT2D eigenvalue weighted by Gasteiger charge is -2.43. The number of nitrogens with zero attached hydrogens (tertiary/aromatic N) is 2. The van der Waals surface area contributed by atoms with Crippen molar-refractivity contribution in [1.29, 1.82) is 0 Å². The van der Waals surface area contributed by atoms with Crippen LogP contribution < -0.4 is 0 Å². The maximum absolute atomic E-state index is 13.5. The Morgan fingerprint density at radius 3 is 2.50 bits per heavy atom. The van der Waals surface area contributed by atoms with Crippen LogP contribution in [0.3, 0.4) is 0 Å². The van der Waals surface area contributed by atoms with Gasteiger partial charge in [-0.25, -0.2) is 0 Å². The molecule has 3 aromatic rings. The largest absolute Gasteiger partial charge is 0.341 e. The first-order valence-corrected chi connectivity index (χ1v) is 11.1. The van der Waals surface area contributed by atoms with Gasteiger partial charge >= 0.3 is 0 Å². The number of hydrogen-bond acceptors (Lipinski definition) is 2. The highest BCUT2D eigenvalue weighted by Crippen LogP contribution is 2.32. The minimum absolute atomic E-state index is 0.0801. The Labute approximate surface area is 180 Å². The van der Waals surface area contributed by atoms with E-state index in [2.05, 4.69) is 97.4 Å². The van der Waals surface area contributed by atoms with Crippen LogP contribution in [0.2, 0.25) is 0 Å². The summed E-state index contributed by atoms with van der Waals surface area (Å²) in [6, 6.07) is 25.6. The number of likely N-dealkylation sites (tertiary alicyclic amines) is 1. The molecule has 1 amide bonds. The van der Waals surface area contributed by atoms with Crippen LogP contribution in [0, 0.1) is 5.92 Å². The number of piperidine rings is 1. The maximum Gasteiger partial charge on any atom is 0.240 e. The van der Waals surface area contributed by atoms with Gasteiger partial charge < -0.3 is 4.90 Å². The predicted octanol–water partition coefficient (Wildman–Crippen LogP) is 5.31. The number of hydrogen-bond donors (Lipinski definition) is 0. The van der Waals surface area contributed by atoms with Crippen molar-refractivity contribution >= 4 is 16.7 Å². The van der Waals surface area contributed by atoms with Gasteiger partial charge in [0.25, 0.3) is 0 Å². The molecule has 3 heteroatoms. The summed E-state index contributed by atoms with van der Waals surface area (Å²) in [5, 5.41) is 2.53. The van der Waals surface area contributed by atoms with E-state index in [1.54, 1.807) is 0 Å². The molecule has 3 aromatic carbocycles. The van der Waals surface area contributed by atoms with Crippen molar-refractivity contribution in [3.8, 4) is 0 Å². The minimum Gasteiger partial charge on any atom is -0.341 e. The number of rotatable bonds is 6. The summed E-state index contributed by atoms with van der Waals surface area (Å²) < 4.78 is 0. The second-order valence-corrected chi connectivity index (χ2v) is 8.68. The van der Waals surface area contributed by atoms with Gasteiger partial charge in [-0.05, 0) is 54.6 Å². The van der Waals surface area contributed by atoms with Gasteiger partial charge in [0.2, 0.25) is 5.91 Å². The van der Waals surface area contributed by atoms with Crippen LogP contribution in [-0.2, 0) is 11.2 Å². The Kier molecular flexibility index (Phi) is 6.19. The van der Waals surface area contributed by atoms with E-state index in [0.717, 1.165) is 25.9 Å². The number of fused-ring (bicyclic) bond motifs is 1. The average molecular weight is 401 g/mol. The molecule has 1 aliphatic heterocycles. The molecule has 30 heavy (non-hydrogen) atoms. The number of carbonyl (C=O) groups is 1. The zero-order chi connectivity index (χ0) is 21.1. The summed E-state index contributed by atoms with van der Waals surface area (Å²) in [4.78, 5) is 17.9. The lowest BCUT2D eigenvalue weighted by molar-refractivity contribution is -0.143. The molecule has 0 N–H and O–H groups in total. The van der Waals surface area contributed by atoms with Crippen LogP contribution in [0.1, 0.15) is 37.4 Å². The van der Waals surface area contributed by atoms with Crippen molar-refractivity contribution in [3.05, 3.63) is 83.9 Å². The molecule has 0 aliphatic carbocycles. The smallest absolute Gasteiger partial charge is 0.240 e. The Hall–Kier alpha value is -2.65. The van der Waals surface area contributed by atoms with Gasteiger partial charge in [0.05, 0.1) is 6.04 Å². The van der Waals surface area contributed by atoms with Gasteiger partial charge in [0.1, 0.15) is 0 Å². The first-order valence-electron chi connectivity index (χ1n) is 11.1. The highest BCUT2D eigenvalue weighted by Gasteiger charge is 2.38. The summed E-state index contributed by atoms with van der Waals surface area (Å²) in [7, 11) is 2.12. The lowest BCUT2D eigenvalue weighted by atomic mass is 9.89. The average Bonchev–Trinajstić information content (AvgIpc) is 2.78. The second-order valence-electron chi connectivity index (χ2n) is 8.68. The SMILES string of the molecule is C[C@@H]1CCN(CCc2ccccc2)C(=O)[C@@H]1N(C)[C@H](C)c1cccc2ccccc12. The van der Waals surface area contributed by atoms with E-state index in [1.165, 1.54) is 21.9 Å². The highest BCUT2D eigenvalue weighted by atomic mass is 16.2. The van der Waals surface area contributed by atoms with Crippen molar-refractivity contribution < 1.29 is 4.79 Å². The molecule has 1 aliphatic rings. The van der Waals surface area contributed by atoms with Gasteiger partial charge in [0, 0.05) is 19.1 Å². The normalized spacial score (nSPS) is 20.7. The number of amides is 1. The van der Waals surface area contributed by atoms with Crippen molar-refractivity contribution in [3.63, 3.8) is 0 Å². The Morgan fingerprint density at radius 2 is 1.70 bits per heavy atom. The van der Waals surface area contributed by atoms with Gasteiger partial charge in [-0.15, -0.1) is 0 Å². The summed E-state index contributed by atoms with van der Waals surface area (Å²) in [5.74, 6) is 0.632. The van der Waals surface area contributed by atoms with Crippen molar-refractivity contribution in [2.45, 2.75) is 38.8 Å². The van der Waals surface area contributed by atoms with E-state index in [0.29, 0.717) is 5.92 Å². The molecule has 0 aromatic heterocycles. The molecule has 0 unspecified atom stereocenters.